The van der Waals surface area contributed by atoms with Crippen LogP contribution in [-0.4, -0.2) is 27.6 Å². The highest BCUT2D eigenvalue weighted by molar-refractivity contribution is 5.17. The first-order valence-electron chi connectivity index (χ1n) is 7.69. The van der Waals surface area contributed by atoms with Crippen molar-refractivity contribution >= 4 is 0 Å². The molecule has 1 aromatic carbocycles. The molecular formula is C18H22N2O. The number of benzene rings is 1. The molecule has 1 aromatic heterocycles. The van der Waals surface area contributed by atoms with Crippen molar-refractivity contribution in [1.29, 1.82) is 0 Å². The van der Waals surface area contributed by atoms with Gasteiger partial charge in [-0.25, -0.2) is 0 Å². The maximum absolute atomic E-state index is 10.4. The lowest BCUT2D eigenvalue weighted by Crippen LogP contribution is -2.30. The van der Waals surface area contributed by atoms with Crippen LogP contribution in [0.15, 0.2) is 54.9 Å². The van der Waals surface area contributed by atoms with Gasteiger partial charge in [0.15, 0.2) is 0 Å². The SMILES string of the molecule is OC(CC1CCCN1Cc1ccncc1)c1ccccc1. The van der Waals surface area contributed by atoms with Crippen molar-refractivity contribution in [3.63, 3.8) is 0 Å². The maximum atomic E-state index is 10.4. The molecule has 1 N–H and O–H groups in total. The zero-order chi connectivity index (χ0) is 14.5. The van der Waals surface area contributed by atoms with E-state index < -0.39 is 0 Å². The van der Waals surface area contributed by atoms with E-state index in [2.05, 4.69) is 22.0 Å². The van der Waals surface area contributed by atoms with Crippen molar-refractivity contribution in [1.82, 2.24) is 9.88 Å². The molecule has 1 fully saturated rings. The average molecular weight is 282 g/mol. The van der Waals surface area contributed by atoms with E-state index in [-0.39, 0.29) is 6.10 Å². The maximum Gasteiger partial charge on any atom is 0.0805 e. The van der Waals surface area contributed by atoms with Crippen LogP contribution in [-0.2, 0) is 6.54 Å². The normalized spacial score (nSPS) is 20.5. The highest BCUT2D eigenvalue weighted by atomic mass is 16.3. The Hall–Kier alpha value is -1.71. The molecule has 1 saturated heterocycles. The summed E-state index contributed by atoms with van der Waals surface area (Å²) >= 11 is 0. The van der Waals surface area contributed by atoms with Crippen LogP contribution in [0.5, 0.6) is 0 Å². The van der Waals surface area contributed by atoms with Crippen molar-refractivity contribution in [2.75, 3.05) is 6.54 Å². The smallest absolute Gasteiger partial charge is 0.0805 e. The third kappa shape index (κ3) is 3.69. The first kappa shape index (κ1) is 14.2. The van der Waals surface area contributed by atoms with Crippen LogP contribution in [0.1, 0.15) is 36.5 Å². The molecule has 1 aliphatic heterocycles. The molecule has 2 aromatic rings. The molecule has 0 aliphatic carbocycles. The lowest BCUT2D eigenvalue weighted by molar-refractivity contribution is 0.118. The Bertz CT molecular complexity index is 544. The predicted molar refractivity (Wildman–Crippen MR) is 83.7 cm³/mol. The van der Waals surface area contributed by atoms with Gasteiger partial charge >= 0.3 is 0 Å². The minimum Gasteiger partial charge on any atom is -0.388 e. The second kappa shape index (κ2) is 6.83. The van der Waals surface area contributed by atoms with E-state index in [0.29, 0.717) is 6.04 Å². The van der Waals surface area contributed by atoms with Crippen LogP contribution in [0.3, 0.4) is 0 Å². The fraction of sp³-hybridized carbons (Fsp3) is 0.389. The van der Waals surface area contributed by atoms with E-state index in [4.69, 9.17) is 0 Å². The third-order valence-electron chi connectivity index (χ3n) is 4.31. The molecule has 1 aliphatic rings. The lowest BCUT2D eigenvalue weighted by Gasteiger charge is -2.26. The lowest BCUT2D eigenvalue weighted by atomic mass is 10.0. The van der Waals surface area contributed by atoms with Crippen LogP contribution in [0, 0.1) is 0 Å². The van der Waals surface area contributed by atoms with Gasteiger partial charge in [0.25, 0.3) is 0 Å². The molecule has 3 nitrogen and oxygen atoms in total. The monoisotopic (exact) mass is 282 g/mol. The average Bonchev–Trinajstić information content (AvgIpc) is 2.96. The fourth-order valence-corrected chi connectivity index (χ4v) is 3.16. The summed E-state index contributed by atoms with van der Waals surface area (Å²) in [5.74, 6) is 0. The van der Waals surface area contributed by atoms with E-state index in [1.807, 2.05) is 42.7 Å². The molecule has 110 valence electrons. The summed E-state index contributed by atoms with van der Waals surface area (Å²) in [5.41, 5.74) is 2.32. The van der Waals surface area contributed by atoms with E-state index in [0.717, 1.165) is 25.1 Å². The summed E-state index contributed by atoms with van der Waals surface area (Å²) in [6, 6.07) is 14.6. The minimum atomic E-state index is -0.366. The highest BCUT2D eigenvalue weighted by Gasteiger charge is 2.27. The molecule has 0 radical (unpaired) electrons. The Kier molecular flexibility index (Phi) is 4.63. The largest absolute Gasteiger partial charge is 0.388 e. The van der Waals surface area contributed by atoms with Gasteiger partial charge < -0.3 is 5.11 Å². The summed E-state index contributed by atoms with van der Waals surface area (Å²) in [7, 11) is 0. The van der Waals surface area contributed by atoms with Gasteiger partial charge in [0.1, 0.15) is 0 Å². The van der Waals surface area contributed by atoms with Crippen molar-refractivity contribution in [3.05, 3.63) is 66.0 Å². The second-order valence-electron chi connectivity index (χ2n) is 5.78. The standard InChI is InChI=1S/C18H22N2O/c21-18(16-5-2-1-3-6-16)13-17-7-4-12-20(17)14-15-8-10-19-11-9-15/h1-3,5-6,8-11,17-18,21H,4,7,12-14H2. The third-order valence-corrected chi connectivity index (χ3v) is 4.31. The summed E-state index contributed by atoms with van der Waals surface area (Å²) < 4.78 is 0. The summed E-state index contributed by atoms with van der Waals surface area (Å²) in [6.45, 7) is 2.07. The van der Waals surface area contributed by atoms with Crippen LogP contribution in [0.4, 0.5) is 0 Å². The molecule has 0 saturated carbocycles. The predicted octanol–water partition coefficient (Wildman–Crippen LogP) is 3.17. The number of nitrogens with zero attached hydrogens (tertiary/aromatic N) is 2. The van der Waals surface area contributed by atoms with Gasteiger partial charge in [-0.3, -0.25) is 9.88 Å². The first-order valence-corrected chi connectivity index (χ1v) is 7.69. The minimum absolute atomic E-state index is 0.366. The van der Waals surface area contributed by atoms with Crippen molar-refractivity contribution in [2.45, 2.75) is 38.0 Å². The van der Waals surface area contributed by atoms with Gasteiger partial charge in [-0.15, -0.1) is 0 Å². The van der Waals surface area contributed by atoms with Gasteiger partial charge in [-0.05, 0) is 49.1 Å². The number of rotatable bonds is 5. The molecule has 0 bridgehead atoms. The Labute approximate surface area is 126 Å². The van der Waals surface area contributed by atoms with E-state index in [1.54, 1.807) is 0 Å². The Morgan fingerprint density at radius 3 is 2.67 bits per heavy atom. The van der Waals surface area contributed by atoms with Gasteiger partial charge in [0.05, 0.1) is 6.10 Å². The number of aliphatic hydroxyl groups excluding tert-OH is 1. The molecule has 0 amide bonds. The van der Waals surface area contributed by atoms with Gasteiger partial charge in [0, 0.05) is 25.0 Å². The molecule has 21 heavy (non-hydrogen) atoms. The Balaban J connectivity index is 1.62. The Morgan fingerprint density at radius 1 is 1.14 bits per heavy atom. The molecule has 2 heterocycles. The van der Waals surface area contributed by atoms with E-state index >= 15 is 0 Å². The second-order valence-corrected chi connectivity index (χ2v) is 5.78. The summed E-state index contributed by atoms with van der Waals surface area (Å²) in [6.07, 6.45) is 6.54. The van der Waals surface area contributed by atoms with Gasteiger partial charge in [-0.2, -0.15) is 0 Å². The van der Waals surface area contributed by atoms with Crippen LogP contribution < -0.4 is 0 Å². The van der Waals surface area contributed by atoms with E-state index in [9.17, 15) is 5.11 Å². The fourth-order valence-electron chi connectivity index (χ4n) is 3.16. The molecule has 2 unspecified atom stereocenters. The van der Waals surface area contributed by atoms with Crippen molar-refractivity contribution in [2.24, 2.45) is 0 Å². The van der Waals surface area contributed by atoms with Crippen molar-refractivity contribution in [3.8, 4) is 0 Å². The quantitative estimate of drug-likeness (QED) is 0.915. The molecule has 0 spiro atoms. The van der Waals surface area contributed by atoms with E-state index in [1.165, 1.54) is 18.4 Å². The van der Waals surface area contributed by atoms with Gasteiger partial charge in [-0.1, -0.05) is 30.3 Å². The molecule has 3 rings (SSSR count). The zero-order valence-corrected chi connectivity index (χ0v) is 12.2. The van der Waals surface area contributed by atoms with Crippen LogP contribution in [0.25, 0.3) is 0 Å². The number of hydrogen-bond donors (Lipinski definition) is 1. The van der Waals surface area contributed by atoms with Gasteiger partial charge in [0.2, 0.25) is 0 Å². The van der Waals surface area contributed by atoms with Crippen LogP contribution in [0.2, 0.25) is 0 Å². The number of hydrogen-bond acceptors (Lipinski definition) is 3. The highest BCUT2D eigenvalue weighted by Crippen LogP contribution is 2.28. The summed E-state index contributed by atoms with van der Waals surface area (Å²) in [5, 5.41) is 10.4. The number of aromatic nitrogens is 1. The Morgan fingerprint density at radius 2 is 1.90 bits per heavy atom. The number of likely N-dealkylation sites (tertiary alicyclic amines) is 1. The molecule has 2 atom stereocenters. The molecule has 3 heteroatoms. The number of aliphatic hydroxyl groups is 1. The first-order chi connectivity index (χ1) is 10.3. The van der Waals surface area contributed by atoms with Crippen LogP contribution >= 0.6 is 0 Å². The molecular weight excluding hydrogens is 260 g/mol. The number of pyridine rings is 1. The topological polar surface area (TPSA) is 36.4 Å². The summed E-state index contributed by atoms with van der Waals surface area (Å²) in [4.78, 5) is 6.56. The van der Waals surface area contributed by atoms with Crippen molar-refractivity contribution < 1.29 is 5.11 Å². The zero-order valence-electron chi connectivity index (χ0n) is 12.2.